The van der Waals surface area contributed by atoms with Gasteiger partial charge in [0, 0.05) is 24.9 Å². The van der Waals surface area contributed by atoms with Gasteiger partial charge in [0.1, 0.15) is 17.5 Å². The number of hydrogen-bond donors (Lipinski definition) is 3. The minimum absolute atomic E-state index is 0.0675. The Hall–Kier alpha value is -1.85. The molecule has 0 aromatic carbocycles. The van der Waals surface area contributed by atoms with E-state index >= 15 is 0 Å². The van der Waals surface area contributed by atoms with Crippen molar-refractivity contribution in [3.63, 3.8) is 0 Å². The highest BCUT2D eigenvalue weighted by Crippen LogP contribution is 2.19. The third-order valence-corrected chi connectivity index (χ3v) is 2.86. The Bertz CT molecular complexity index is 446. The third kappa shape index (κ3) is 2.46. The van der Waals surface area contributed by atoms with Crippen LogP contribution in [-0.4, -0.2) is 28.5 Å². The molecule has 1 aromatic rings. The number of carbonyl (C=O) groups is 1. The number of anilines is 2. The van der Waals surface area contributed by atoms with Crippen LogP contribution in [-0.2, 0) is 11.2 Å². The zero-order valence-electron chi connectivity index (χ0n) is 10.1. The van der Waals surface area contributed by atoms with Gasteiger partial charge in [0.05, 0.1) is 6.04 Å². The van der Waals surface area contributed by atoms with Gasteiger partial charge in [-0.25, -0.2) is 9.97 Å². The van der Waals surface area contributed by atoms with Crippen molar-refractivity contribution in [2.45, 2.75) is 32.7 Å². The highest BCUT2D eigenvalue weighted by atomic mass is 16.1. The van der Waals surface area contributed by atoms with E-state index in [1.807, 2.05) is 13.8 Å². The molecule has 1 amide bonds. The summed E-state index contributed by atoms with van der Waals surface area (Å²) in [5, 5.41) is 6.02. The molecule has 2 heterocycles. The summed E-state index contributed by atoms with van der Waals surface area (Å²) in [6, 6.07) is 0.0835. The second kappa shape index (κ2) is 4.57. The van der Waals surface area contributed by atoms with Gasteiger partial charge in [-0.15, -0.1) is 0 Å². The number of rotatable bonds is 3. The van der Waals surface area contributed by atoms with Crippen molar-refractivity contribution >= 4 is 17.5 Å². The van der Waals surface area contributed by atoms with Crippen molar-refractivity contribution in [2.75, 3.05) is 17.6 Å². The molecule has 1 saturated heterocycles. The summed E-state index contributed by atoms with van der Waals surface area (Å²) in [5.74, 6) is 2.01. The number of aromatic nitrogens is 2. The molecule has 4 N–H and O–H groups in total. The highest BCUT2D eigenvalue weighted by molar-refractivity contribution is 5.79. The van der Waals surface area contributed by atoms with Gasteiger partial charge in [-0.05, 0) is 6.92 Å². The third-order valence-electron chi connectivity index (χ3n) is 2.86. The molecule has 0 spiro atoms. The number of nitrogen functional groups attached to an aromatic ring is 1. The first-order valence-corrected chi connectivity index (χ1v) is 5.76. The van der Waals surface area contributed by atoms with Crippen molar-refractivity contribution in [2.24, 2.45) is 0 Å². The molecule has 1 aliphatic heterocycles. The zero-order valence-corrected chi connectivity index (χ0v) is 10.1. The maximum atomic E-state index is 11.1. The molecular weight excluding hydrogens is 218 g/mol. The molecule has 1 aromatic heterocycles. The van der Waals surface area contributed by atoms with Crippen LogP contribution in [0.3, 0.4) is 0 Å². The second-order valence-corrected chi connectivity index (χ2v) is 4.20. The Morgan fingerprint density at radius 2 is 2.29 bits per heavy atom. The van der Waals surface area contributed by atoms with Gasteiger partial charge < -0.3 is 16.4 Å². The zero-order chi connectivity index (χ0) is 12.4. The molecule has 1 unspecified atom stereocenters. The molecule has 1 fully saturated rings. The van der Waals surface area contributed by atoms with Crippen LogP contribution in [0.5, 0.6) is 0 Å². The average molecular weight is 235 g/mol. The highest BCUT2D eigenvalue weighted by Gasteiger charge is 2.22. The minimum Gasteiger partial charge on any atom is -0.383 e. The maximum absolute atomic E-state index is 11.1. The lowest BCUT2D eigenvalue weighted by Crippen LogP contribution is -2.24. The van der Waals surface area contributed by atoms with Crippen molar-refractivity contribution < 1.29 is 4.79 Å². The van der Waals surface area contributed by atoms with Crippen LogP contribution < -0.4 is 16.4 Å². The van der Waals surface area contributed by atoms with Crippen LogP contribution in [0.1, 0.15) is 24.7 Å². The normalized spacial score (nSPS) is 19.2. The van der Waals surface area contributed by atoms with E-state index in [0.29, 0.717) is 24.6 Å². The lowest BCUT2D eigenvalue weighted by Gasteiger charge is -2.15. The Kier molecular flexibility index (Phi) is 3.12. The van der Waals surface area contributed by atoms with Crippen LogP contribution in [0.15, 0.2) is 0 Å². The molecule has 1 aliphatic rings. The Morgan fingerprint density at radius 3 is 2.88 bits per heavy atom. The average Bonchev–Trinajstić information content (AvgIpc) is 2.70. The summed E-state index contributed by atoms with van der Waals surface area (Å²) < 4.78 is 0. The second-order valence-electron chi connectivity index (χ2n) is 4.20. The molecule has 6 heteroatoms. The van der Waals surface area contributed by atoms with Crippen molar-refractivity contribution in [3.05, 3.63) is 11.4 Å². The van der Waals surface area contributed by atoms with Crippen molar-refractivity contribution in [1.29, 1.82) is 0 Å². The fourth-order valence-corrected chi connectivity index (χ4v) is 1.78. The van der Waals surface area contributed by atoms with E-state index < -0.39 is 0 Å². The summed E-state index contributed by atoms with van der Waals surface area (Å²) >= 11 is 0. The molecule has 0 saturated carbocycles. The number of nitrogens with two attached hydrogens (primary N) is 1. The van der Waals surface area contributed by atoms with E-state index in [9.17, 15) is 4.79 Å². The summed E-state index contributed by atoms with van der Waals surface area (Å²) in [5.41, 5.74) is 6.66. The standard InChI is InChI=1S/C11H17N5O/c1-3-8-15-10(12)6(2)11(16-8)14-7-4-9(17)13-5-7/h7H,3-5H2,1-2H3,(H,13,17)(H3,12,14,15,16). The van der Waals surface area contributed by atoms with Gasteiger partial charge in [-0.2, -0.15) is 0 Å². The minimum atomic E-state index is 0.0675. The van der Waals surface area contributed by atoms with E-state index in [4.69, 9.17) is 5.73 Å². The molecular formula is C11H17N5O. The number of amides is 1. The number of nitrogens with zero attached hydrogens (tertiary/aromatic N) is 2. The number of carbonyl (C=O) groups excluding carboxylic acids is 1. The lowest BCUT2D eigenvalue weighted by atomic mass is 10.2. The fourth-order valence-electron chi connectivity index (χ4n) is 1.78. The van der Waals surface area contributed by atoms with Crippen LogP contribution in [0.4, 0.5) is 11.6 Å². The van der Waals surface area contributed by atoms with Crippen LogP contribution in [0.25, 0.3) is 0 Å². The van der Waals surface area contributed by atoms with Gasteiger partial charge in [-0.1, -0.05) is 6.92 Å². The molecule has 17 heavy (non-hydrogen) atoms. The topological polar surface area (TPSA) is 92.9 Å². The molecule has 0 radical (unpaired) electrons. The van der Waals surface area contributed by atoms with Crippen molar-refractivity contribution in [3.8, 4) is 0 Å². The van der Waals surface area contributed by atoms with Gasteiger partial charge in [0.2, 0.25) is 5.91 Å². The SMILES string of the molecule is CCc1nc(N)c(C)c(NC2CNC(=O)C2)n1. The molecule has 1 atom stereocenters. The van der Waals surface area contributed by atoms with E-state index in [0.717, 1.165) is 17.8 Å². The van der Waals surface area contributed by atoms with E-state index in [1.165, 1.54) is 0 Å². The summed E-state index contributed by atoms with van der Waals surface area (Å²) in [6.07, 6.45) is 1.21. The maximum Gasteiger partial charge on any atom is 0.222 e. The molecule has 2 rings (SSSR count). The molecule has 6 nitrogen and oxygen atoms in total. The number of hydrogen-bond acceptors (Lipinski definition) is 5. The predicted molar refractivity (Wildman–Crippen MR) is 65.6 cm³/mol. The summed E-state index contributed by atoms with van der Waals surface area (Å²) in [4.78, 5) is 19.7. The summed E-state index contributed by atoms with van der Waals surface area (Å²) in [7, 11) is 0. The monoisotopic (exact) mass is 235 g/mol. The summed E-state index contributed by atoms with van der Waals surface area (Å²) in [6.45, 7) is 4.49. The number of nitrogens with one attached hydrogen (secondary N) is 2. The first kappa shape index (κ1) is 11.6. The first-order chi connectivity index (χ1) is 8.10. The van der Waals surface area contributed by atoms with Crippen molar-refractivity contribution in [1.82, 2.24) is 15.3 Å². The van der Waals surface area contributed by atoms with E-state index in [2.05, 4.69) is 20.6 Å². The van der Waals surface area contributed by atoms with Crippen LogP contribution in [0, 0.1) is 6.92 Å². The lowest BCUT2D eigenvalue weighted by molar-refractivity contribution is -0.119. The Balaban J connectivity index is 2.19. The van der Waals surface area contributed by atoms with E-state index in [1.54, 1.807) is 0 Å². The largest absolute Gasteiger partial charge is 0.383 e. The quantitative estimate of drug-likeness (QED) is 0.697. The van der Waals surface area contributed by atoms with Gasteiger partial charge in [0.15, 0.2) is 0 Å². The predicted octanol–water partition coefficient (Wildman–Crippen LogP) is 0.230. The fraction of sp³-hybridized carbons (Fsp3) is 0.545. The van der Waals surface area contributed by atoms with E-state index in [-0.39, 0.29) is 11.9 Å². The molecule has 92 valence electrons. The van der Waals surface area contributed by atoms with Gasteiger partial charge >= 0.3 is 0 Å². The molecule has 0 bridgehead atoms. The molecule has 0 aliphatic carbocycles. The smallest absolute Gasteiger partial charge is 0.222 e. The Labute approximate surface area is 100 Å². The van der Waals surface area contributed by atoms with Gasteiger partial charge in [0.25, 0.3) is 0 Å². The van der Waals surface area contributed by atoms with Crippen LogP contribution >= 0.6 is 0 Å². The Morgan fingerprint density at radius 1 is 1.53 bits per heavy atom. The van der Waals surface area contributed by atoms with Gasteiger partial charge in [-0.3, -0.25) is 4.79 Å². The number of aryl methyl sites for hydroxylation is 1. The van der Waals surface area contributed by atoms with Crippen LogP contribution in [0.2, 0.25) is 0 Å². The first-order valence-electron chi connectivity index (χ1n) is 5.76.